The average molecular weight is 596 g/mol. The van der Waals surface area contributed by atoms with Crippen LogP contribution >= 0.6 is 15.8 Å². The Morgan fingerprint density at radius 2 is 1.00 bits per heavy atom. The molecule has 5 aliphatic carbocycles. The highest BCUT2D eigenvalue weighted by Crippen LogP contribution is 2.65. The lowest BCUT2D eigenvalue weighted by Crippen LogP contribution is -2.38. The summed E-state index contributed by atoms with van der Waals surface area (Å²) < 4.78 is 0. The summed E-state index contributed by atoms with van der Waals surface area (Å²) in [5.74, 6) is 0.885. The summed E-state index contributed by atoms with van der Waals surface area (Å²) >= 11 is 0. The lowest BCUT2D eigenvalue weighted by atomic mass is 9.90. The molecule has 2 unspecified atom stereocenters. The van der Waals surface area contributed by atoms with E-state index in [9.17, 15) is 0 Å². The maximum Gasteiger partial charge on any atom is 0.0382 e. The second kappa shape index (κ2) is 15.4. The van der Waals surface area contributed by atoms with Crippen molar-refractivity contribution in [3.8, 4) is 0 Å². The van der Waals surface area contributed by atoms with Crippen LogP contribution in [0.4, 0.5) is 0 Å². The van der Waals surface area contributed by atoms with E-state index in [0.717, 1.165) is 34.2 Å². The number of hydrogen-bond acceptors (Lipinski definition) is 1. The highest BCUT2D eigenvalue weighted by molar-refractivity contribution is 7.67. The van der Waals surface area contributed by atoms with E-state index in [2.05, 4.69) is 43.3 Å². The molecule has 3 heteroatoms. The molecule has 0 radical (unpaired) electrons. The van der Waals surface area contributed by atoms with Gasteiger partial charge >= 0.3 is 0 Å². The van der Waals surface area contributed by atoms with E-state index in [1.165, 1.54) is 116 Å². The summed E-state index contributed by atoms with van der Waals surface area (Å²) in [6, 6.07) is 10.8. The molecule has 0 aromatic heterocycles. The van der Waals surface area contributed by atoms with Gasteiger partial charge in [-0.2, -0.15) is 0 Å². The van der Waals surface area contributed by atoms with Crippen molar-refractivity contribution in [1.29, 1.82) is 0 Å². The zero-order valence-electron chi connectivity index (χ0n) is 27.0. The molecule has 0 spiro atoms. The third kappa shape index (κ3) is 7.31. The van der Waals surface area contributed by atoms with Crippen molar-refractivity contribution in [1.82, 2.24) is 4.90 Å². The third-order valence-electron chi connectivity index (χ3n) is 12.3. The Labute approximate surface area is 257 Å². The first-order valence-electron chi connectivity index (χ1n) is 18.5. The maximum atomic E-state index is 2.73. The summed E-state index contributed by atoms with van der Waals surface area (Å²) in [5, 5.41) is 1.88. The Hall–Kier alpha value is 0.0400. The van der Waals surface area contributed by atoms with Crippen molar-refractivity contribution in [2.24, 2.45) is 5.92 Å². The first-order chi connectivity index (χ1) is 20.2. The Bertz CT molecular complexity index is 871. The summed E-state index contributed by atoms with van der Waals surface area (Å²) in [7, 11) is 5.01. The van der Waals surface area contributed by atoms with E-state index in [4.69, 9.17) is 0 Å². The molecule has 5 fully saturated rings. The Morgan fingerprint density at radius 1 is 0.537 bits per heavy atom. The van der Waals surface area contributed by atoms with Crippen LogP contribution in [0.15, 0.2) is 24.3 Å². The summed E-state index contributed by atoms with van der Waals surface area (Å²) in [4.78, 5) is 2.73. The fourth-order valence-corrected chi connectivity index (χ4v) is 19.4. The average Bonchev–Trinajstić information content (AvgIpc) is 3.49. The summed E-state index contributed by atoms with van der Waals surface area (Å²) in [6.07, 6.45) is 35.0. The number of benzene rings is 1. The molecular formula is C38H63NP2. The molecule has 0 heterocycles. The molecule has 41 heavy (non-hydrogen) atoms. The number of nitrogens with zero attached hydrogens (tertiary/aromatic N) is 1. The minimum Gasteiger partial charge on any atom is -0.302 e. The molecule has 6 rings (SSSR count). The van der Waals surface area contributed by atoms with Crippen LogP contribution in [-0.4, -0.2) is 47.3 Å². The molecule has 1 aromatic carbocycles. The normalized spacial score (nSPS) is 29.1. The molecule has 5 saturated carbocycles. The van der Waals surface area contributed by atoms with E-state index in [1.54, 1.807) is 37.7 Å². The van der Waals surface area contributed by atoms with Crippen LogP contribution < -0.4 is 5.30 Å². The van der Waals surface area contributed by atoms with Gasteiger partial charge in [-0.05, 0) is 123 Å². The lowest BCUT2D eigenvalue weighted by Gasteiger charge is -2.47. The molecule has 1 aromatic rings. The van der Waals surface area contributed by atoms with Crippen LogP contribution in [0.1, 0.15) is 159 Å². The van der Waals surface area contributed by atoms with Gasteiger partial charge in [0.2, 0.25) is 0 Å². The molecule has 5 aliphatic rings. The van der Waals surface area contributed by atoms with E-state index in [-0.39, 0.29) is 15.8 Å². The van der Waals surface area contributed by atoms with Crippen LogP contribution in [0.25, 0.3) is 0 Å². The van der Waals surface area contributed by atoms with Gasteiger partial charge in [-0.25, -0.2) is 0 Å². The van der Waals surface area contributed by atoms with E-state index in [1.807, 2.05) is 5.30 Å². The fourth-order valence-electron chi connectivity index (χ4n) is 10.6. The largest absolute Gasteiger partial charge is 0.302 e. The fraction of sp³-hybridized carbons (Fsp3) is 0.842. The van der Waals surface area contributed by atoms with Crippen molar-refractivity contribution in [2.75, 3.05) is 14.1 Å². The molecule has 0 bridgehead atoms. The first-order valence-corrected chi connectivity index (χ1v) is 21.6. The maximum absolute atomic E-state index is 2.73. The van der Waals surface area contributed by atoms with Gasteiger partial charge < -0.3 is 4.90 Å². The lowest BCUT2D eigenvalue weighted by molar-refractivity contribution is 0.216. The van der Waals surface area contributed by atoms with Crippen molar-refractivity contribution in [3.63, 3.8) is 0 Å². The second-order valence-electron chi connectivity index (χ2n) is 15.2. The van der Waals surface area contributed by atoms with Crippen LogP contribution in [-0.2, 0) is 0 Å². The van der Waals surface area contributed by atoms with Crippen LogP contribution in [0, 0.1) is 5.92 Å². The highest BCUT2D eigenvalue weighted by atomic mass is 31.1. The monoisotopic (exact) mass is 595 g/mol. The molecule has 0 aliphatic heterocycles. The molecule has 3 atom stereocenters. The molecule has 0 amide bonds. The van der Waals surface area contributed by atoms with E-state index >= 15 is 0 Å². The number of rotatable bonds is 9. The Kier molecular flexibility index (Phi) is 11.6. The molecule has 1 nitrogen and oxygen atoms in total. The van der Waals surface area contributed by atoms with Gasteiger partial charge in [0, 0.05) is 6.04 Å². The van der Waals surface area contributed by atoms with Crippen LogP contribution in [0.2, 0.25) is 0 Å². The van der Waals surface area contributed by atoms with Gasteiger partial charge in [0.25, 0.3) is 0 Å². The van der Waals surface area contributed by atoms with Gasteiger partial charge in [-0.15, -0.1) is 0 Å². The van der Waals surface area contributed by atoms with Gasteiger partial charge in [0.1, 0.15) is 0 Å². The minimum absolute atomic E-state index is 0.0597. The molecule has 0 saturated heterocycles. The van der Waals surface area contributed by atoms with Gasteiger partial charge in [-0.3, -0.25) is 0 Å². The molecular weight excluding hydrogens is 532 g/mol. The zero-order valence-corrected chi connectivity index (χ0v) is 28.7. The SMILES string of the molecule is CN(C)[C@@H](c1ccccc1P(C1CCCCC1)C1CCCCC1)C1CCCC1P(C1CCCCC1)C1CCCCC1. The van der Waals surface area contributed by atoms with Gasteiger partial charge in [-0.1, -0.05) is 124 Å². The minimum atomic E-state index is -0.0597. The molecule has 0 N–H and O–H groups in total. The quantitative estimate of drug-likeness (QED) is 0.257. The van der Waals surface area contributed by atoms with Crippen molar-refractivity contribution in [2.45, 2.75) is 182 Å². The Balaban J connectivity index is 1.35. The highest BCUT2D eigenvalue weighted by Gasteiger charge is 2.46. The third-order valence-corrected chi connectivity index (χ3v) is 20.0. The standard InChI is InChI=1S/C38H63NP2/c1-39(2)38(35-27-17-29-37(35)41(32-22-11-5-12-23-32)33-24-13-6-14-25-33)34-26-15-16-28-36(34)40(30-18-7-3-8-19-30)31-20-9-4-10-21-31/h15-16,26,28,30-33,35,37-38H,3-14,17-25,27,29H2,1-2H3/t35?,37?,38-/m0/s1. The van der Waals surface area contributed by atoms with Crippen LogP contribution in [0.5, 0.6) is 0 Å². The number of hydrogen-bond donors (Lipinski definition) is 0. The predicted molar refractivity (Wildman–Crippen MR) is 185 cm³/mol. The predicted octanol–water partition coefficient (Wildman–Crippen LogP) is 11.4. The first kappa shape index (κ1) is 31.0. The smallest absolute Gasteiger partial charge is 0.0382 e. The zero-order chi connectivity index (χ0) is 28.0. The van der Waals surface area contributed by atoms with Gasteiger partial charge in [0.15, 0.2) is 0 Å². The van der Waals surface area contributed by atoms with Crippen molar-refractivity contribution < 1.29 is 0 Å². The topological polar surface area (TPSA) is 3.24 Å². The van der Waals surface area contributed by atoms with Crippen LogP contribution in [0.3, 0.4) is 0 Å². The van der Waals surface area contributed by atoms with Gasteiger partial charge in [0.05, 0.1) is 0 Å². The Morgan fingerprint density at radius 3 is 1.49 bits per heavy atom. The van der Waals surface area contributed by atoms with Crippen molar-refractivity contribution >= 4 is 21.1 Å². The summed E-state index contributed by atoms with van der Waals surface area (Å²) in [6.45, 7) is 0. The summed E-state index contributed by atoms with van der Waals surface area (Å²) in [5.41, 5.74) is 6.99. The van der Waals surface area contributed by atoms with E-state index in [0.29, 0.717) is 6.04 Å². The van der Waals surface area contributed by atoms with E-state index < -0.39 is 0 Å². The second-order valence-corrected chi connectivity index (χ2v) is 20.9. The van der Waals surface area contributed by atoms with Crippen molar-refractivity contribution in [3.05, 3.63) is 29.8 Å². The molecule has 230 valence electrons.